The van der Waals surface area contributed by atoms with E-state index in [-0.39, 0.29) is 12.5 Å². The number of anilines is 1. The molecular formula is C19H17BrN4O2. The summed E-state index contributed by atoms with van der Waals surface area (Å²) in [5.74, 6) is 0.133. The van der Waals surface area contributed by atoms with Crippen molar-refractivity contribution in [1.82, 2.24) is 15.4 Å². The molecule has 0 radical (unpaired) electrons. The summed E-state index contributed by atoms with van der Waals surface area (Å²) in [5.41, 5.74) is 4.86. The fourth-order valence-electron chi connectivity index (χ4n) is 2.27. The molecular weight excluding hydrogens is 396 g/mol. The maximum absolute atomic E-state index is 12.4. The van der Waals surface area contributed by atoms with Crippen LogP contribution in [0.4, 0.5) is 5.82 Å². The molecule has 0 aliphatic rings. The summed E-state index contributed by atoms with van der Waals surface area (Å²) < 4.78 is 0.926. The first kappa shape index (κ1) is 18.0. The van der Waals surface area contributed by atoms with E-state index in [1.165, 1.54) is 0 Å². The summed E-state index contributed by atoms with van der Waals surface area (Å²) in [6, 6.07) is 14.9. The zero-order chi connectivity index (χ0) is 18.2. The lowest BCUT2D eigenvalue weighted by Gasteiger charge is -2.11. The summed E-state index contributed by atoms with van der Waals surface area (Å²) in [4.78, 5) is 26.0. The van der Waals surface area contributed by atoms with Crippen molar-refractivity contribution in [2.75, 3.05) is 5.32 Å². The quantitative estimate of drug-likeness (QED) is 0.578. The smallest absolute Gasteiger partial charge is 0.278 e. The fraction of sp³-hybridized carbons (Fsp3) is 0.105. The highest BCUT2D eigenvalue weighted by Gasteiger charge is 2.12. The average Bonchev–Trinajstić information content (AvgIpc) is 2.69. The highest BCUT2D eigenvalue weighted by molar-refractivity contribution is 9.10. The molecule has 2 N–H and O–H groups in total. The monoisotopic (exact) mass is 412 g/mol. The number of carbonyl (C=O) groups excluding carboxylic acids is 1. The van der Waals surface area contributed by atoms with Gasteiger partial charge in [0.15, 0.2) is 0 Å². The van der Waals surface area contributed by atoms with Gasteiger partial charge in [0.05, 0.1) is 5.56 Å². The molecule has 3 aromatic rings. The van der Waals surface area contributed by atoms with Crippen molar-refractivity contribution in [3.63, 3.8) is 0 Å². The van der Waals surface area contributed by atoms with Crippen LogP contribution in [0.5, 0.6) is 0 Å². The Balaban J connectivity index is 1.59. The molecule has 1 aromatic carbocycles. The number of carbonyl (C=O) groups is 1. The number of aromatic nitrogens is 2. The lowest BCUT2D eigenvalue weighted by atomic mass is 10.2. The minimum absolute atomic E-state index is 0.257. The first-order valence-corrected chi connectivity index (χ1v) is 8.76. The number of nitrogens with zero attached hydrogens (tertiary/aromatic N) is 2. The van der Waals surface area contributed by atoms with Gasteiger partial charge in [-0.25, -0.2) is 10.5 Å². The van der Waals surface area contributed by atoms with Crippen LogP contribution in [-0.2, 0) is 18.0 Å². The van der Waals surface area contributed by atoms with Gasteiger partial charge in [0.25, 0.3) is 5.91 Å². The predicted octanol–water partition coefficient (Wildman–Crippen LogP) is 3.71. The van der Waals surface area contributed by atoms with Crippen molar-refractivity contribution in [3.8, 4) is 0 Å². The highest BCUT2D eigenvalue weighted by atomic mass is 79.9. The molecule has 26 heavy (non-hydrogen) atoms. The van der Waals surface area contributed by atoms with Crippen LogP contribution in [0.2, 0.25) is 0 Å². The van der Waals surface area contributed by atoms with Crippen LogP contribution in [0.1, 0.15) is 21.5 Å². The lowest BCUT2D eigenvalue weighted by molar-refractivity contribution is 0.0232. The summed E-state index contributed by atoms with van der Waals surface area (Å²) >= 11 is 3.45. The molecule has 0 spiro atoms. The number of hydroxylamine groups is 1. The van der Waals surface area contributed by atoms with Crippen molar-refractivity contribution < 1.29 is 9.63 Å². The molecule has 2 heterocycles. The number of hydrogen-bond acceptors (Lipinski definition) is 5. The third-order valence-corrected chi connectivity index (χ3v) is 4.39. The molecule has 7 heteroatoms. The Hall–Kier alpha value is -2.77. The van der Waals surface area contributed by atoms with Gasteiger partial charge in [0, 0.05) is 29.6 Å². The third-order valence-electron chi connectivity index (χ3n) is 3.61. The largest absolute Gasteiger partial charge is 0.365 e. The SMILES string of the molecule is O=C(NOCc1ccccc1Br)c1cccnc1NCc1ccncc1. The summed E-state index contributed by atoms with van der Waals surface area (Å²) in [6.45, 7) is 0.796. The van der Waals surface area contributed by atoms with Crippen molar-refractivity contribution in [2.24, 2.45) is 0 Å². The summed E-state index contributed by atoms with van der Waals surface area (Å²) in [5, 5.41) is 3.16. The number of pyridine rings is 2. The van der Waals surface area contributed by atoms with Gasteiger partial charge in [-0.05, 0) is 41.5 Å². The molecule has 0 saturated carbocycles. The molecule has 1 amide bonds. The van der Waals surface area contributed by atoms with Crippen LogP contribution in [0, 0.1) is 0 Å². The van der Waals surface area contributed by atoms with E-state index in [0.717, 1.165) is 15.6 Å². The van der Waals surface area contributed by atoms with Crippen LogP contribution in [0.25, 0.3) is 0 Å². The second-order valence-electron chi connectivity index (χ2n) is 5.42. The first-order chi connectivity index (χ1) is 12.7. The Bertz CT molecular complexity index is 874. The lowest BCUT2D eigenvalue weighted by Crippen LogP contribution is -2.25. The van der Waals surface area contributed by atoms with Crippen molar-refractivity contribution in [2.45, 2.75) is 13.2 Å². The number of benzene rings is 1. The number of hydrogen-bond donors (Lipinski definition) is 2. The molecule has 132 valence electrons. The normalized spacial score (nSPS) is 10.3. The zero-order valence-electron chi connectivity index (χ0n) is 13.9. The van der Waals surface area contributed by atoms with Crippen molar-refractivity contribution >= 4 is 27.7 Å². The van der Waals surface area contributed by atoms with Gasteiger partial charge in [-0.15, -0.1) is 0 Å². The Labute approximate surface area is 159 Å². The van der Waals surface area contributed by atoms with E-state index in [9.17, 15) is 4.79 Å². The number of halogens is 1. The molecule has 0 fully saturated rings. The number of nitrogens with one attached hydrogen (secondary N) is 2. The Morgan fingerprint density at radius 1 is 1.04 bits per heavy atom. The zero-order valence-corrected chi connectivity index (χ0v) is 15.4. The average molecular weight is 413 g/mol. The van der Waals surface area contributed by atoms with Crippen molar-refractivity contribution in [1.29, 1.82) is 0 Å². The molecule has 0 saturated heterocycles. The van der Waals surface area contributed by atoms with Gasteiger partial charge >= 0.3 is 0 Å². The Kier molecular flexibility index (Phi) is 6.29. The summed E-state index contributed by atoms with van der Waals surface area (Å²) in [6.07, 6.45) is 5.07. The van der Waals surface area contributed by atoms with E-state index >= 15 is 0 Å². The molecule has 0 aliphatic carbocycles. The van der Waals surface area contributed by atoms with E-state index in [1.54, 1.807) is 30.7 Å². The van der Waals surface area contributed by atoms with Crippen LogP contribution < -0.4 is 10.8 Å². The van der Waals surface area contributed by atoms with Gasteiger partial charge < -0.3 is 5.32 Å². The molecule has 0 bridgehead atoms. The fourth-order valence-corrected chi connectivity index (χ4v) is 2.66. The molecule has 6 nitrogen and oxygen atoms in total. The minimum Gasteiger partial charge on any atom is -0.365 e. The van der Waals surface area contributed by atoms with Crippen LogP contribution in [-0.4, -0.2) is 15.9 Å². The van der Waals surface area contributed by atoms with Gasteiger partial charge in [0.1, 0.15) is 12.4 Å². The molecule has 2 aromatic heterocycles. The van der Waals surface area contributed by atoms with E-state index < -0.39 is 0 Å². The molecule has 0 unspecified atom stereocenters. The Morgan fingerprint density at radius 3 is 2.65 bits per heavy atom. The van der Waals surface area contributed by atoms with E-state index in [0.29, 0.717) is 17.9 Å². The van der Waals surface area contributed by atoms with Crippen LogP contribution in [0.15, 0.2) is 71.6 Å². The van der Waals surface area contributed by atoms with E-state index in [1.807, 2.05) is 36.4 Å². The van der Waals surface area contributed by atoms with Gasteiger partial charge in [0.2, 0.25) is 0 Å². The van der Waals surface area contributed by atoms with Gasteiger partial charge in [-0.2, -0.15) is 0 Å². The second-order valence-corrected chi connectivity index (χ2v) is 6.27. The van der Waals surface area contributed by atoms with Gasteiger partial charge in [-0.3, -0.25) is 14.6 Å². The van der Waals surface area contributed by atoms with E-state index in [4.69, 9.17) is 4.84 Å². The maximum Gasteiger partial charge on any atom is 0.278 e. The number of rotatable bonds is 7. The highest BCUT2D eigenvalue weighted by Crippen LogP contribution is 2.17. The third kappa shape index (κ3) is 4.87. The first-order valence-electron chi connectivity index (χ1n) is 7.97. The topological polar surface area (TPSA) is 76.1 Å². The molecule has 0 aliphatic heterocycles. The minimum atomic E-state index is -0.359. The standard InChI is InChI=1S/C19H17BrN4O2/c20-17-6-2-1-4-15(17)13-26-24-19(25)16-5-3-9-22-18(16)23-12-14-7-10-21-11-8-14/h1-11H,12-13H2,(H,22,23)(H,24,25). The van der Waals surface area contributed by atoms with E-state index in [2.05, 4.69) is 36.7 Å². The van der Waals surface area contributed by atoms with Crippen LogP contribution in [0.3, 0.4) is 0 Å². The predicted molar refractivity (Wildman–Crippen MR) is 102 cm³/mol. The summed E-state index contributed by atoms with van der Waals surface area (Å²) in [7, 11) is 0. The Morgan fingerprint density at radius 2 is 1.85 bits per heavy atom. The van der Waals surface area contributed by atoms with Gasteiger partial charge in [-0.1, -0.05) is 34.1 Å². The molecule has 3 rings (SSSR count). The van der Waals surface area contributed by atoms with Crippen LogP contribution >= 0.6 is 15.9 Å². The molecule has 0 atom stereocenters. The van der Waals surface area contributed by atoms with Crippen molar-refractivity contribution in [3.05, 3.63) is 88.3 Å². The number of amides is 1. The second kappa shape index (κ2) is 9.07. The maximum atomic E-state index is 12.4.